The molecule has 0 aliphatic rings. The molecular weight excluding hydrogens is 285 g/mol. The van der Waals surface area contributed by atoms with Gasteiger partial charge in [-0.1, -0.05) is 26.0 Å². The normalized spacial score (nSPS) is 13.5. The van der Waals surface area contributed by atoms with Crippen molar-refractivity contribution < 1.29 is 19.1 Å². The van der Waals surface area contributed by atoms with E-state index in [1.54, 1.807) is 13.0 Å². The molecule has 1 rings (SSSR count). The van der Waals surface area contributed by atoms with E-state index in [0.717, 1.165) is 5.56 Å². The first-order chi connectivity index (χ1) is 10.3. The third kappa shape index (κ3) is 5.47. The Morgan fingerprint density at radius 3 is 2.55 bits per heavy atom. The number of carbonyl (C=O) groups is 2. The monoisotopic (exact) mass is 309 g/mol. The molecule has 0 aromatic heterocycles. The summed E-state index contributed by atoms with van der Waals surface area (Å²) in [5.41, 5.74) is 0.841. The fourth-order valence-electron chi connectivity index (χ4n) is 2.30. The Labute approximate surface area is 130 Å². The highest BCUT2D eigenvalue weighted by atomic mass is 19.1. The van der Waals surface area contributed by atoms with Crippen LogP contribution >= 0.6 is 0 Å². The zero-order valence-electron chi connectivity index (χ0n) is 13.4. The Morgan fingerprint density at radius 2 is 2.00 bits per heavy atom. The maximum atomic E-state index is 13.1. The number of nitrogens with zero attached hydrogens (tertiary/aromatic N) is 1. The molecule has 0 radical (unpaired) electrons. The number of carboxylic acids is 1. The van der Waals surface area contributed by atoms with E-state index in [1.807, 2.05) is 19.9 Å². The molecule has 0 saturated heterocycles. The molecule has 5 heteroatoms. The Morgan fingerprint density at radius 1 is 1.32 bits per heavy atom. The second kappa shape index (κ2) is 8.51. The summed E-state index contributed by atoms with van der Waals surface area (Å²) >= 11 is 0. The van der Waals surface area contributed by atoms with E-state index in [-0.39, 0.29) is 30.2 Å². The lowest BCUT2D eigenvalue weighted by Gasteiger charge is -2.29. The Kier molecular flexibility index (Phi) is 7.02. The number of hydrogen-bond acceptors (Lipinski definition) is 2. The molecule has 0 aliphatic heterocycles. The Balaban J connectivity index is 2.66. The average Bonchev–Trinajstić information content (AvgIpc) is 2.48. The van der Waals surface area contributed by atoms with Gasteiger partial charge in [0.15, 0.2) is 0 Å². The van der Waals surface area contributed by atoms with Gasteiger partial charge in [0, 0.05) is 12.0 Å². The van der Waals surface area contributed by atoms with Gasteiger partial charge in [0.25, 0.3) is 0 Å². The molecule has 1 aromatic rings. The van der Waals surface area contributed by atoms with Crippen LogP contribution in [-0.2, 0) is 16.0 Å². The quantitative estimate of drug-likeness (QED) is 0.802. The number of halogens is 1. The molecular formula is C17H24FNO3. The minimum absolute atomic E-state index is 0.111. The number of amides is 1. The lowest BCUT2D eigenvalue weighted by atomic mass is 9.99. The molecule has 2 unspecified atom stereocenters. The molecule has 0 saturated carbocycles. The van der Waals surface area contributed by atoms with Gasteiger partial charge in [-0.05, 0) is 43.9 Å². The van der Waals surface area contributed by atoms with Gasteiger partial charge in [0.2, 0.25) is 5.91 Å². The van der Waals surface area contributed by atoms with Crippen LogP contribution in [0.2, 0.25) is 0 Å². The van der Waals surface area contributed by atoms with Crippen molar-refractivity contribution in [3.8, 4) is 0 Å². The number of hydrogen-bond donors (Lipinski definition) is 1. The minimum Gasteiger partial charge on any atom is -0.480 e. The minimum atomic E-state index is -1.01. The molecule has 1 N–H and O–H groups in total. The summed E-state index contributed by atoms with van der Waals surface area (Å²) in [7, 11) is 0. The van der Waals surface area contributed by atoms with Gasteiger partial charge in [-0.2, -0.15) is 0 Å². The summed E-state index contributed by atoms with van der Waals surface area (Å²) in [4.78, 5) is 24.8. The van der Waals surface area contributed by atoms with E-state index < -0.39 is 5.97 Å². The third-order valence-corrected chi connectivity index (χ3v) is 3.89. The van der Waals surface area contributed by atoms with Gasteiger partial charge in [-0.3, -0.25) is 9.59 Å². The third-order valence-electron chi connectivity index (χ3n) is 3.89. The van der Waals surface area contributed by atoms with Crippen molar-refractivity contribution in [1.82, 2.24) is 4.90 Å². The van der Waals surface area contributed by atoms with Crippen molar-refractivity contribution in [1.29, 1.82) is 0 Å². The van der Waals surface area contributed by atoms with Crippen LogP contribution in [0.1, 0.15) is 39.2 Å². The Bertz CT molecular complexity index is 518. The van der Waals surface area contributed by atoms with Crippen molar-refractivity contribution in [3.63, 3.8) is 0 Å². The van der Waals surface area contributed by atoms with Crippen molar-refractivity contribution in [2.45, 2.75) is 46.1 Å². The van der Waals surface area contributed by atoms with Crippen molar-refractivity contribution in [2.24, 2.45) is 5.92 Å². The van der Waals surface area contributed by atoms with Gasteiger partial charge in [0.05, 0.1) is 0 Å². The molecule has 0 fully saturated rings. The molecule has 0 heterocycles. The van der Waals surface area contributed by atoms with E-state index in [0.29, 0.717) is 19.3 Å². The number of aryl methyl sites for hydroxylation is 1. The van der Waals surface area contributed by atoms with E-state index in [1.165, 1.54) is 17.0 Å². The zero-order chi connectivity index (χ0) is 16.7. The van der Waals surface area contributed by atoms with Gasteiger partial charge >= 0.3 is 5.97 Å². The van der Waals surface area contributed by atoms with E-state index in [2.05, 4.69) is 0 Å². The predicted molar refractivity (Wildman–Crippen MR) is 83.0 cm³/mol. The van der Waals surface area contributed by atoms with Crippen LogP contribution in [-0.4, -0.2) is 34.5 Å². The summed E-state index contributed by atoms with van der Waals surface area (Å²) in [6, 6.07) is 6.20. The maximum absolute atomic E-state index is 13.1. The van der Waals surface area contributed by atoms with Crippen LogP contribution in [0.3, 0.4) is 0 Å². The van der Waals surface area contributed by atoms with Crippen molar-refractivity contribution in [2.75, 3.05) is 6.54 Å². The average molecular weight is 309 g/mol. The highest BCUT2D eigenvalue weighted by molar-refractivity contribution is 5.83. The molecule has 0 aliphatic carbocycles. The maximum Gasteiger partial charge on any atom is 0.323 e. The molecule has 4 nitrogen and oxygen atoms in total. The summed E-state index contributed by atoms with van der Waals surface area (Å²) in [6.45, 7) is 5.28. The summed E-state index contributed by atoms with van der Waals surface area (Å²) < 4.78 is 13.1. The predicted octanol–water partition coefficient (Wildman–Crippen LogP) is 3.11. The number of aliphatic carboxylic acids is 1. The first-order valence-corrected chi connectivity index (χ1v) is 7.61. The van der Waals surface area contributed by atoms with Gasteiger partial charge in [0.1, 0.15) is 12.4 Å². The van der Waals surface area contributed by atoms with Crippen LogP contribution in [0, 0.1) is 11.7 Å². The molecule has 1 amide bonds. The fraction of sp³-hybridized carbons (Fsp3) is 0.529. The van der Waals surface area contributed by atoms with E-state index in [4.69, 9.17) is 5.11 Å². The van der Waals surface area contributed by atoms with Crippen LogP contribution in [0.4, 0.5) is 4.39 Å². The molecule has 22 heavy (non-hydrogen) atoms. The van der Waals surface area contributed by atoms with Crippen molar-refractivity contribution >= 4 is 11.9 Å². The molecule has 0 spiro atoms. The largest absolute Gasteiger partial charge is 0.480 e. The highest BCUT2D eigenvalue weighted by Gasteiger charge is 2.25. The van der Waals surface area contributed by atoms with Gasteiger partial charge < -0.3 is 10.0 Å². The fourth-order valence-corrected chi connectivity index (χ4v) is 2.30. The molecule has 1 aromatic carbocycles. The SMILES string of the molecule is CCC(C)N(CC(=O)O)C(=O)C(C)CCc1cccc(F)c1. The van der Waals surface area contributed by atoms with Crippen LogP contribution < -0.4 is 0 Å². The van der Waals surface area contributed by atoms with Gasteiger partial charge in [-0.25, -0.2) is 4.39 Å². The van der Waals surface area contributed by atoms with Crippen LogP contribution in [0.15, 0.2) is 24.3 Å². The summed E-state index contributed by atoms with van der Waals surface area (Å²) in [5, 5.41) is 8.96. The summed E-state index contributed by atoms with van der Waals surface area (Å²) in [6.07, 6.45) is 1.86. The topological polar surface area (TPSA) is 57.6 Å². The second-order valence-electron chi connectivity index (χ2n) is 5.69. The van der Waals surface area contributed by atoms with Crippen molar-refractivity contribution in [3.05, 3.63) is 35.6 Å². The molecule has 0 bridgehead atoms. The Hall–Kier alpha value is -1.91. The van der Waals surface area contributed by atoms with E-state index in [9.17, 15) is 14.0 Å². The number of rotatable bonds is 8. The molecule has 122 valence electrons. The number of benzene rings is 1. The second-order valence-corrected chi connectivity index (χ2v) is 5.69. The van der Waals surface area contributed by atoms with Gasteiger partial charge in [-0.15, -0.1) is 0 Å². The van der Waals surface area contributed by atoms with Crippen LogP contribution in [0.5, 0.6) is 0 Å². The lowest BCUT2D eigenvalue weighted by molar-refractivity contribution is -0.148. The number of carbonyl (C=O) groups excluding carboxylic acids is 1. The lowest BCUT2D eigenvalue weighted by Crippen LogP contribution is -2.44. The first kappa shape index (κ1) is 18.1. The van der Waals surface area contributed by atoms with E-state index >= 15 is 0 Å². The smallest absolute Gasteiger partial charge is 0.323 e. The zero-order valence-corrected chi connectivity index (χ0v) is 13.4. The standard InChI is InChI=1S/C17H24FNO3/c1-4-13(3)19(11-16(20)21)17(22)12(2)8-9-14-6-5-7-15(18)10-14/h5-7,10,12-13H,4,8-9,11H2,1-3H3,(H,20,21). The van der Waals surface area contributed by atoms with Crippen LogP contribution in [0.25, 0.3) is 0 Å². The summed E-state index contributed by atoms with van der Waals surface area (Å²) in [5.74, 6) is -1.75. The highest BCUT2D eigenvalue weighted by Crippen LogP contribution is 2.16. The molecule has 2 atom stereocenters. The number of carboxylic acid groups (broad SMARTS) is 1. The first-order valence-electron chi connectivity index (χ1n) is 7.61.